The van der Waals surface area contributed by atoms with Gasteiger partial charge in [0.2, 0.25) is 0 Å². The lowest BCUT2D eigenvalue weighted by molar-refractivity contribution is 1.07. The zero-order chi connectivity index (χ0) is 8.72. The summed E-state index contributed by atoms with van der Waals surface area (Å²) in [7, 11) is 0. The fraction of sp³-hybridized carbons (Fsp3) is 0.222. The van der Waals surface area contributed by atoms with E-state index in [4.69, 9.17) is 0 Å². The van der Waals surface area contributed by atoms with Crippen molar-refractivity contribution in [1.82, 2.24) is 10.2 Å². The van der Waals surface area contributed by atoms with Gasteiger partial charge in [-0.1, -0.05) is 6.07 Å². The van der Waals surface area contributed by atoms with Crippen molar-refractivity contribution in [2.24, 2.45) is 0 Å². The highest BCUT2D eigenvalue weighted by molar-refractivity contribution is 7.80. The molecule has 0 aliphatic heterocycles. The van der Waals surface area contributed by atoms with Gasteiger partial charge in [0.1, 0.15) is 0 Å². The van der Waals surface area contributed by atoms with Gasteiger partial charge in [0.05, 0.1) is 5.52 Å². The Kier molecular flexibility index (Phi) is 1.61. The lowest BCUT2D eigenvalue weighted by atomic mass is 10.1. The Morgan fingerprint density at radius 1 is 1.33 bits per heavy atom. The third-order valence-electron chi connectivity index (χ3n) is 2.08. The van der Waals surface area contributed by atoms with E-state index in [9.17, 15) is 0 Å². The van der Waals surface area contributed by atoms with Crippen molar-refractivity contribution in [1.29, 1.82) is 0 Å². The highest BCUT2D eigenvalue weighted by Gasteiger charge is 2.05. The largest absolute Gasteiger partial charge is 0.282 e. The molecular formula is C9H10N2S. The molecule has 2 aromatic rings. The SMILES string of the molecule is Cc1ccc2n[nH]c(C)c2c1S. The number of rotatable bonds is 0. The molecule has 0 bridgehead atoms. The van der Waals surface area contributed by atoms with Crippen LogP contribution in [-0.2, 0) is 0 Å². The van der Waals surface area contributed by atoms with Crippen molar-refractivity contribution in [3.05, 3.63) is 23.4 Å². The summed E-state index contributed by atoms with van der Waals surface area (Å²) in [5.41, 5.74) is 3.26. The number of aryl methyl sites for hydroxylation is 2. The van der Waals surface area contributed by atoms with E-state index < -0.39 is 0 Å². The fourth-order valence-corrected chi connectivity index (χ4v) is 1.70. The monoisotopic (exact) mass is 178 g/mol. The molecule has 0 fully saturated rings. The minimum absolute atomic E-state index is 0.989. The van der Waals surface area contributed by atoms with Crippen LogP contribution in [0.2, 0.25) is 0 Å². The van der Waals surface area contributed by atoms with Crippen molar-refractivity contribution in [2.45, 2.75) is 18.7 Å². The highest BCUT2D eigenvalue weighted by Crippen LogP contribution is 2.25. The fourth-order valence-electron chi connectivity index (χ4n) is 1.35. The minimum atomic E-state index is 0.989. The maximum Gasteiger partial charge on any atom is 0.0935 e. The molecule has 62 valence electrons. The lowest BCUT2D eigenvalue weighted by Gasteiger charge is -1.99. The van der Waals surface area contributed by atoms with E-state index in [1.165, 1.54) is 5.56 Å². The average Bonchev–Trinajstić information content (AvgIpc) is 2.41. The number of H-pyrrole nitrogens is 1. The summed E-state index contributed by atoms with van der Waals surface area (Å²) in [4.78, 5) is 1.03. The number of aromatic nitrogens is 2. The quantitative estimate of drug-likeness (QED) is 0.596. The molecule has 0 spiro atoms. The molecular weight excluding hydrogens is 168 g/mol. The van der Waals surface area contributed by atoms with Gasteiger partial charge in [0.15, 0.2) is 0 Å². The molecule has 0 aliphatic carbocycles. The van der Waals surface area contributed by atoms with Crippen molar-refractivity contribution >= 4 is 23.5 Å². The summed E-state index contributed by atoms with van der Waals surface area (Å²) < 4.78 is 0. The van der Waals surface area contributed by atoms with Crippen molar-refractivity contribution in [2.75, 3.05) is 0 Å². The van der Waals surface area contributed by atoms with Crippen LogP contribution >= 0.6 is 12.6 Å². The van der Waals surface area contributed by atoms with Crippen LogP contribution in [0.5, 0.6) is 0 Å². The van der Waals surface area contributed by atoms with Crippen molar-refractivity contribution in [3.63, 3.8) is 0 Å². The molecule has 0 amide bonds. The first-order chi connectivity index (χ1) is 5.70. The second-order valence-electron chi connectivity index (χ2n) is 2.97. The maximum absolute atomic E-state index is 4.44. The smallest absolute Gasteiger partial charge is 0.0935 e. The Bertz CT molecular complexity index is 431. The number of nitrogens with one attached hydrogen (secondary N) is 1. The van der Waals surface area contributed by atoms with Crippen LogP contribution < -0.4 is 0 Å². The van der Waals surface area contributed by atoms with Crippen LogP contribution in [-0.4, -0.2) is 10.2 Å². The van der Waals surface area contributed by atoms with Gasteiger partial charge in [-0.2, -0.15) is 5.10 Å². The van der Waals surface area contributed by atoms with Crippen molar-refractivity contribution < 1.29 is 0 Å². The van der Waals surface area contributed by atoms with E-state index in [0.717, 1.165) is 21.5 Å². The van der Waals surface area contributed by atoms with E-state index in [1.54, 1.807) is 0 Å². The number of hydrogen-bond acceptors (Lipinski definition) is 2. The van der Waals surface area contributed by atoms with E-state index in [1.807, 2.05) is 26.0 Å². The zero-order valence-electron chi connectivity index (χ0n) is 7.05. The van der Waals surface area contributed by atoms with Gasteiger partial charge in [-0.25, -0.2) is 0 Å². The topological polar surface area (TPSA) is 28.7 Å². The van der Waals surface area contributed by atoms with Crippen LogP contribution in [0.1, 0.15) is 11.3 Å². The van der Waals surface area contributed by atoms with E-state index in [2.05, 4.69) is 22.8 Å². The normalized spacial score (nSPS) is 10.9. The highest BCUT2D eigenvalue weighted by atomic mass is 32.1. The predicted octanol–water partition coefficient (Wildman–Crippen LogP) is 2.47. The number of nitrogens with zero attached hydrogens (tertiary/aromatic N) is 1. The molecule has 3 heteroatoms. The number of fused-ring (bicyclic) bond motifs is 1. The van der Waals surface area contributed by atoms with Crippen molar-refractivity contribution in [3.8, 4) is 0 Å². The molecule has 0 saturated carbocycles. The summed E-state index contributed by atoms with van der Waals surface area (Å²) in [6.07, 6.45) is 0. The molecule has 0 aliphatic rings. The van der Waals surface area contributed by atoms with E-state index in [0.29, 0.717) is 0 Å². The van der Waals surface area contributed by atoms with Gasteiger partial charge in [-0.3, -0.25) is 5.10 Å². The second-order valence-corrected chi connectivity index (χ2v) is 3.42. The summed E-state index contributed by atoms with van der Waals surface area (Å²) in [6, 6.07) is 4.04. The molecule has 2 nitrogen and oxygen atoms in total. The molecule has 2 rings (SSSR count). The van der Waals surface area contributed by atoms with Gasteiger partial charge in [-0.15, -0.1) is 12.6 Å². The van der Waals surface area contributed by atoms with Gasteiger partial charge in [0, 0.05) is 16.0 Å². The molecule has 1 aromatic heterocycles. The zero-order valence-corrected chi connectivity index (χ0v) is 7.94. The first-order valence-corrected chi connectivity index (χ1v) is 4.28. The van der Waals surface area contributed by atoms with Crippen LogP contribution in [0.25, 0.3) is 10.9 Å². The van der Waals surface area contributed by atoms with Gasteiger partial charge in [-0.05, 0) is 25.5 Å². The Morgan fingerprint density at radius 3 is 2.83 bits per heavy atom. The molecule has 0 atom stereocenters. The Labute approximate surface area is 76.4 Å². The second kappa shape index (κ2) is 2.52. The first-order valence-electron chi connectivity index (χ1n) is 3.83. The van der Waals surface area contributed by atoms with Gasteiger partial charge in [0.25, 0.3) is 0 Å². The van der Waals surface area contributed by atoms with Crippen LogP contribution in [0.15, 0.2) is 17.0 Å². The maximum atomic E-state index is 4.44. The Balaban J connectivity index is 2.96. The lowest BCUT2D eigenvalue weighted by Crippen LogP contribution is -1.78. The molecule has 12 heavy (non-hydrogen) atoms. The molecule has 1 heterocycles. The Hall–Kier alpha value is -0.960. The molecule has 0 unspecified atom stereocenters. The third-order valence-corrected chi connectivity index (χ3v) is 2.65. The molecule has 1 N–H and O–H groups in total. The minimum Gasteiger partial charge on any atom is -0.282 e. The summed E-state index contributed by atoms with van der Waals surface area (Å²) >= 11 is 4.44. The molecule has 0 saturated heterocycles. The average molecular weight is 178 g/mol. The van der Waals surface area contributed by atoms with E-state index in [-0.39, 0.29) is 0 Å². The molecule has 0 radical (unpaired) electrons. The number of aromatic amines is 1. The van der Waals surface area contributed by atoms with Crippen LogP contribution in [0.3, 0.4) is 0 Å². The van der Waals surface area contributed by atoms with Gasteiger partial charge >= 0.3 is 0 Å². The molecule has 1 aromatic carbocycles. The number of thiol groups is 1. The number of hydrogen-bond donors (Lipinski definition) is 2. The number of benzene rings is 1. The predicted molar refractivity (Wildman–Crippen MR) is 52.8 cm³/mol. The van der Waals surface area contributed by atoms with Crippen LogP contribution in [0, 0.1) is 13.8 Å². The Morgan fingerprint density at radius 2 is 2.08 bits per heavy atom. The third kappa shape index (κ3) is 0.932. The van der Waals surface area contributed by atoms with E-state index >= 15 is 0 Å². The summed E-state index contributed by atoms with van der Waals surface area (Å²) in [6.45, 7) is 4.06. The standard InChI is InChI=1S/C9H10N2S/c1-5-3-4-7-8(9(5)12)6(2)10-11-7/h3-4,12H,1-2H3,(H,10,11). The summed E-state index contributed by atoms with van der Waals surface area (Å²) in [5.74, 6) is 0. The van der Waals surface area contributed by atoms with Gasteiger partial charge < -0.3 is 0 Å². The summed E-state index contributed by atoms with van der Waals surface area (Å²) in [5, 5.41) is 8.23. The first kappa shape index (κ1) is 7.68. The van der Waals surface area contributed by atoms with Crippen LogP contribution in [0.4, 0.5) is 0 Å².